The van der Waals surface area contributed by atoms with Crippen LogP contribution in [0.1, 0.15) is 49.3 Å². The largest absolute Gasteiger partial charge is 0.306 e. The molecule has 1 fully saturated rings. The molecule has 106 valence electrons. The zero-order valence-electron chi connectivity index (χ0n) is 12.4. The van der Waals surface area contributed by atoms with E-state index in [-0.39, 0.29) is 5.54 Å². The quantitative estimate of drug-likeness (QED) is 0.796. The molecule has 0 spiro atoms. The first-order chi connectivity index (χ1) is 9.04. The van der Waals surface area contributed by atoms with Crippen LogP contribution in [0.3, 0.4) is 0 Å². The molecular weight excluding hydrogens is 254 g/mol. The van der Waals surface area contributed by atoms with Crippen LogP contribution in [0, 0.1) is 19.8 Å². The van der Waals surface area contributed by atoms with E-state index in [1.807, 2.05) is 0 Å². The van der Waals surface area contributed by atoms with Gasteiger partial charge in [0.1, 0.15) is 0 Å². The molecule has 0 amide bonds. The molecule has 1 aromatic carbocycles. The fourth-order valence-corrected chi connectivity index (χ4v) is 3.24. The molecule has 0 unspecified atom stereocenters. The van der Waals surface area contributed by atoms with E-state index >= 15 is 0 Å². The lowest BCUT2D eigenvalue weighted by molar-refractivity contribution is 0.216. The number of nitrogens with one attached hydrogen (secondary N) is 1. The first-order valence-electron chi connectivity index (χ1n) is 7.42. The van der Waals surface area contributed by atoms with Crippen LogP contribution >= 0.6 is 11.6 Å². The number of rotatable bonds is 4. The Kier molecular flexibility index (Phi) is 4.92. The number of alkyl halides is 1. The zero-order chi connectivity index (χ0) is 13.9. The van der Waals surface area contributed by atoms with Gasteiger partial charge in [-0.2, -0.15) is 0 Å². The Balaban J connectivity index is 1.97. The summed E-state index contributed by atoms with van der Waals surface area (Å²) in [7, 11) is 0. The van der Waals surface area contributed by atoms with Crippen molar-refractivity contribution in [2.45, 2.75) is 58.5 Å². The molecular formula is C17H26ClN. The number of hydrogen-bond acceptors (Lipinski definition) is 1. The third-order valence-corrected chi connectivity index (χ3v) is 5.24. The van der Waals surface area contributed by atoms with Gasteiger partial charge in [0.15, 0.2) is 0 Å². The average molecular weight is 280 g/mol. The van der Waals surface area contributed by atoms with Gasteiger partial charge in [-0.15, -0.1) is 11.6 Å². The smallest absolute Gasteiger partial charge is 0.0406 e. The molecule has 0 aliphatic heterocycles. The van der Waals surface area contributed by atoms with E-state index in [1.54, 1.807) is 0 Å². The van der Waals surface area contributed by atoms with Crippen molar-refractivity contribution in [1.82, 2.24) is 5.32 Å². The Morgan fingerprint density at radius 2 is 1.89 bits per heavy atom. The second-order valence-corrected chi connectivity index (χ2v) is 6.64. The Morgan fingerprint density at radius 1 is 1.21 bits per heavy atom. The highest BCUT2D eigenvalue weighted by Gasteiger charge is 2.32. The molecule has 0 bridgehead atoms. The Morgan fingerprint density at radius 3 is 2.47 bits per heavy atom. The van der Waals surface area contributed by atoms with Crippen LogP contribution in [0.4, 0.5) is 0 Å². The molecule has 1 N–H and O–H groups in total. The van der Waals surface area contributed by atoms with E-state index in [9.17, 15) is 0 Å². The summed E-state index contributed by atoms with van der Waals surface area (Å²) >= 11 is 6.25. The molecule has 1 aromatic rings. The predicted molar refractivity (Wildman–Crippen MR) is 83.8 cm³/mol. The minimum absolute atomic E-state index is 0.160. The fourth-order valence-electron chi connectivity index (χ4n) is 2.88. The topological polar surface area (TPSA) is 12.0 Å². The van der Waals surface area contributed by atoms with Crippen LogP contribution in [0.5, 0.6) is 0 Å². The molecule has 0 aromatic heterocycles. The minimum Gasteiger partial charge on any atom is -0.306 e. The molecule has 1 nitrogen and oxygen atoms in total. The van der Waals surface area contributed by atoms with E-state index in [0.717, 1.165) is 18.3 Å². The highest BCUT2D eigenvalue weighted by Crippen LogP contribution is 2.33. The number of halogens is 1. The van der Waals surface area contributed by atoms with Crippen molar-refractivity contribution in [1.29, 1.82) is 0 Å². The number of benzene rings is 1. The normalized spacial score (nSPS) is 27.5. The summed E-state index contributed by atoms with van der Waals surface area (Å²) in [6.45, 7) is 7.62. The van der Waals surface area contributed by atoms with Crippen LogP contribution < -0.4 is 5.32 Å². The lowest BCUT2D eigenvalue weighted by Crippen LogP contribution is -2.49. The van der Waals surface area contributed by atoms with Crippen LogP contribution in [0.15, 0.2) is 18.2 Å². The first-order valence-corrected chi connectivity index (χ1v) is 7.95. The van der Waals surface area contributed by atoms with Gasteiger partial charge in [0, 0.05) is 18.0 Å². The Labute approximate surface area is 122 Å². The van der Waals surface area contributed by atoms with Gasteiger partial charge in [-0.25, -0.2) is 0 Å². The van der Waals surface area contributed by atoms with Crippen molar-refractivity contribution >= 4 is 11.6 Å². The van der Waals surface area contributed by atoms with E-state index in [0.29, 0.717) is 0 Å². The second kappa shape index (κ2) is 6.28. The summed E-state index contributed by atoms with van der Waals surface area (Å²) in [5, 5.41) is 3.74. The van der Waals surface area contributed by atoms with Crippen LogP contribution in [-0.4, -0.2) is 11.4 Å². The summed E-state index contributed by atoms with van der Waals surface area (Å²) in [4.78, 5) is 0. The third kappa shape index (κ3) is 3.73. The lowest BCUT2D eigenvalue weighted by Gasteiger charge is -2.39. The Hall–Kier alpha value is -0.530. The molecule has 0 saturated heterocycles. The highest BCUT2D eigenvalue weighted by atomic mass is 35.5. The standard InChI is InChI=1S/C17H26ClN/c1-13-6-8-17(12-18,9-7-13)19-11-16-5-4-14(2)15(3)10-16/h4-5,10,13,19H,6-9,11-12H2,1-3H3. The van der Waals surface area contributed by atoms with Crippen molar-refractivity contribution in [3.8, 4) is 0 Å². The Bertz CT molecular complexity index is 419. The van der Waals surface area contributed by atoms with Crippen molar-refractivity contribution in [3.05, 3.63) is 34.9 Å². The van der Waals surface area contributed by atoms with E-state index in [4.69, 9.17) is 11.6 Å². The van der Waals surface area contributed by atoms with E-state index in [1.165, 1.54) is 42.4 Å². The zero-order valence-corrected chi connectivity index (χ0v) is 13.2. The van der Waals surface area contributed by atoms with Crippen molar-refractivity contribution < 1.29 is 0 Å². The number of hydrogen-bond donors (Lipinski definition) is 1. The van der Waals surface area contributed by atoms with Gasteiger partial charge < -0.3 is 5.32 Å². The summed E-state index contributed by atoms with van der Waals surface area (Å²) in [6.07, 6.45) is 5.02. The maximum Gasteiger partial charge on any atom is 0.0406 e. The van der Waals surface area contributed by atoms with Crippen LogP contribution in [0.25, 0.3) is 0 Å². The van der Waals surface area contributed by atoms with Gasteiger partial charge in [-0.3, -0.25) is 0 Å². The van der Waals surface area contributed by atoms with Crippen LogP contribution in [-0.2, 0) is 6.54 Å². The molecule has 1 aliphatic carbocycles. The fraction of sp³-hybridized carbons (Fsp3) is 0.647. The van der Waals surface area contributed by atoms with Gasteiger partial charge in [0.05, 0.1) is 0 Å². The molecule has 0 heterocycles. The van der Waals surface area contributed by atoms with Crippen LogP contribution in [0.2, 0.25) is 0 Å². The molecule has 1 saturated carbocycles. The number of aryl methyl sites for hydroxylation is 2. The maximum absolute atomic E-state index is 6.25. The monoisotopic (exact) mass is 279 g/mol. The summed E-state index contributed by atoms with van der Waals surface area (Å²) in [5.41, 5.74) is 4.26. The molecule has 0 radical (unpaired) electrons. The summed E-state index contributed by atoms with van der Waals surface area (Å²) < 4.78 is 0. The lowest BCUT2D eigenvalue weighted by atomic mass is 9.78. The van der Waals surface area contributed by atoms with Gasteiger partial charge in [0.2, 0.25) is 0 Å². The second-order valence-electron chi connectivity index (χ2n) is 6.37. The maximum atomic E-state index is 6.25. The van der Waals surface area contributed by atoms with Gasteiger partial charge in [0.25, 0.3) is 0 Å². The highest BCUT2D eigenvalue weighted by molar-refractivity contribution is 6.18. The predicted octanol–water partition coefficient (Wildman–Crippen LogP) is 4.58. The van der Waals surface area contributed by atoms with E-state index in [2.05, 4.69) is 44.3 Å². The summed E-state index contributed by atoms with van der Waals surface area (Å²) in [6, 6.07) is 6.72. The van der Waals surface area contributed by atoms with Gasteiger partial charge >= 0.3 is 0 Å². The SMILES string of the molecule is Cc1ccc(CNC2(CCl)CCC(C)CC2)cc1C. The molecule has 1 aliphatic rings. The molecule has 2 rings (SSSR count). The first kappa shape index (κ1) is 14.9. The van der Waals surface area contributed by atoms with Crippen molar-refractivity contribution in [2.75, 3.05) is 5.88 Å². The van der Waals surface area contributed by atoms with E-state index < -0.39 is 0 Å². The molecule has 19 heavy (non-hydrogen) atoms. The van der Waals surface area contributed by atoms with Crippen molar-refractivity contribution in [3.63, 3.8) is 0 Å². The average Bonchev–Trinajstić information content (AvgIpc) is 2.42. The minimum atomic E-state index is 0.160. The molecule has 2 heteroatoms. The van der Waals surface area contributed by atoms with Gasteiger partial charge in [-0.1, -0.05) is 25.1 Å². The van der Waals surface area contributed by atoms with Crippen molar-refractivity contribution in [2.24, 2.45) is 5.92 Å². The van der Waals surface area contributed by atoms with Gasteiger partial charge in [-0.05, 0) is 62.1 Å². The third-order valence-electron chi connectivity index (χ3n) is 4.73. The summed E-state index contributed by atoms with van der Waals surface area (Å²) in [5.74, 6) is 1.59. The molecule has 0 atom stereocenters.